The largest absolute Gasteiger partial charge is 0.478 e. The van der Waals surface area contributed by atoms with Gasteiger partial charge in [0.05, 0.1) is 11.5 Å². The molecule has 1 N–H and O–H groups in total. The lowest BCUT2D eigenvalue weighted by molar-refractivity contribution is -0.140. The molecule has 0 atom stereocenters. The molecule has 1 aromatic carbocycles. The van der Waals surface area contributed by atoms with E-state index in [0.29, 0.717) is 5.75 Å². The second-order valence-electron chi connectivity index (χ2n) is 6.11. The first-order valence-electron chi connectivity index (χ1n) is 8.15. The highest BCUT2D eigenvalue weighted by Crippen LogP contribution is 2.32. The highest BCUT2D eigenvalue weighted by atomic mass is 16.5. The number of hydrogen-bond acceptors (Lipinski definition) is 3. The van der Waals surface area contributed by atoms with Crippen LogP contribution in [0.5, 0.6) is 5.75 Å². The normalized spacial score (nSPS) is 21.3. The summed E-state index contributed by atoms with van der Waals surface area (Å²) in [7, 11) is 0. The summed E-state index contributed by atoms with van der Waals surface area (Å²) in [6.45, 7) is 2.21. The maximum atomic E-state index is 12.2. The van der Waals surface area contributed by atoms with E-state index in [1.54, 1.807) is 0 Å². The Morgan fingerprint density at radius 1 is 1.14 bits per heavy atom. The molecule has 0 unspecified atom stereocenters. The minimum absolute atomic E-state index is 0.0166. The SMILES string of the molecule is CCCC[C@H]1CC[C@H](C(=O)Oc2ccc(C(=O)O)cc2)CC1. The summed E-state index contributed by atoms with van der Waals surface area (Å²) in [4.78, 5) is 22.9. The van der Waals surface area contributed by atoms with Gasteiger partial charge in [-0.05, 0) is 55.9 Å². The van der Waals surface area contributed by atoms with Crippen molar-refractivity contribution >= 4 is 11.9 Å². The molecule has 0 radical (unpaired) electrons. The van der Waals surface area contributed by atoms with Gasteiger partial charge in [-0.1, -0.05) is 26.2 Å². The molecule has 4 nitrogen and oxygen atoms in total. The number of hydrogen-bond donors (Lipinski definition) is 1. The molecule has 1 saturated carbocycles. The molecule has 1 aromatic rings. The Kier molecular flexibility index (Phi) is 5.99. The van der Waals surface area contributed by atoms with E-state index in [0.717, 1.165) is 31.6 Å². The van der Waals surface area contributed by atoms with Crippen molar-refractivity contribution in [1.29, 1.82) is 0 Å². The standard InChI is InChI=1S/C18H24O4/c1-2-3-4-13-5-7-15(8-6-13)18(21)22-16-11-9-14(10-12-16)17(19)20/h9-13,15H,2-8H2,1H3,(H,19,20)/t13-,15-. The maximum absolute atomic E-state index is 12.2. The summed E-state index contributed by atoms with van der Waals surface area (Å²) in [6, 6.07) is 5.97. The molecule has 0 aromatic heterocycles. The third-order valence-electron chi connectivity index (χ3n) is 4.47. The summed E-state index contributed by atoms with van der Waals surface area (Å²) in [5.74, 6) is -0.000669. The Morgan fingerprint density at radius 2 is 1.77 bits per heavy atom. The summed E-state index contributed by atoms with van der Waals surface area (Å²) < 4.78 is 5.37. The molecule has 22 heavy (non-hydrogen) atoms. The lowest BCUT2D eigenvalue weighted by Crippen LogP contribution is -2.25. The Labute approximate surface area is 131 Å². The van der Waals surface area contributed by atoms with E-state index >= 15 is 0 Å². The van der Waals surface area contributed by atoms with Crippen molar-refractivity contribution in [3.8, 4) is 5.75 Å². The van der Waals surface area contributed by atoms with Gasteiger partial charge in [-0.15, -0.1) is 0 Å². The number of carbonyl (C=O) groups excluding carboxylic acids is 1. The van der Waals surface area contributed by atoms with Crippen LogP contribution in [0.3, 0.4) is 0 Å². The van der Waals surface area contributed by atoms with E-state index in [4.69, 9.17) is 9.84 Å². The van der Waals surface area contributed by atoms with Crippen molar-refractivity contribution < 1.29 is 19.4 Å². The summed E-state index contributed by atoms with van der Waals surface area (Å²) in [5.41, 5.74) is 0.191. The molecule has 0 amide bonds. The predicted octanol–water partition coefficient (Wildman–Crippen LogP) is 4.29. The topological polar surface area (TPSA) is 63.6 Å². The molecule has 4 heteroatoms. The van der Waals surface area contributed by atoms with Crippen LogP contribution in [0.25, 0.3) is 0 Å². The molecule has 0 heterocycles. The molecule has 120 valence electrons. The Bertz CT molecular complexity index is 498. The average Bonchev–Trinajstić information content (AvgIpc) is 2.54. The third-order valence-corrected chi connectivity index (χ3v) is 4.47. The number of carbonyl (C=O) groups is 2. The second kappa shape index (κ2) is 7.97. The van der Waals surface area contributed by atoms with Crippen LogP contribution in [-0.4, -0.2) is 17.0 Å². The Morgan fingerprint density at radius 3 is 2.32 bits per heavy atom. The van der Waals surface area contributed by atoms with Gasteiger partial charge in [-0.25, -0.2) is 4.79 Å². The summed E-state index contributed by atoms with van der Waals surface area (Å²) >= 11 is 0. The van der Waals surface area contributed by atoms with Crippen LogP contribution in [0.15, 0.2) is 24.3 Å². The molecule has 0 spiro atoms. The smallest absolute Gasteiger partial charge is 0.335 e. The summed E-state index contributed by atoms with van der Waals surface area (Å²) in [5, 5.41) is 8.84. The van der Waals surface area contributed by atoms with E-state index in [2.05, 4.69) is 6.92 Å². The van der Waals surface area contributed by atoms with Crippen molar-refractivity contribution in [3.63, 3.8) is 0 Å². The molecular formula is C18H24O4. The number of aromatic carboxylic acids is 1. The van der Waals surface area contributed by atoms with Crippen LogP contribution < -0.4 is 4.74 Å². The lowest BCUT2D eigenvalue weighted by atomic mass is 9.80. The maximum Gasteiger partial charge on any atom is 0.335 e. The number of carboxylic acids is 1. The van der Waals surface area contributed by atoms with Crippen LogP contribution in [0.2, 0.25) is 0 Å². The zero-order valence-corrected chi connectivity index (χ0v) is 13.1. The monoisotopic (exact) mass is 304 g/mol. The number of rotatable bonds is 6. The van der Waals surface area contributed by atoms with Crippen molar-refractivity contribution in [2.24, 2.45) is 11.8 Å². The molecule has 0 bridgehead atoms. The fourth-order valence-corrected chi connectivity index (χ4v) is 3.04. The van der Waals surface area contributed by atoms with Gasteiger partial charge in [0.2, 0.25) is 0 Å². The molecule has 1 aliphatic carbocycles. The minimum atomic E-state index is -0.983. The average molecular weight is 304 g/mol. The van der Waals surface area contributed by atoms with Gasteiger partial charge in [-0.3, -0.25) is 4.79 Å². The van der Waals surface area contributed by atoms with E-state index in [9.17, 15) is 9.59 Å². The quantitative estimate of drug-likeness (QED) is 0.629. The van der Waals surface area contributed by atoms with E-state index in [1.165, 1.54) is 43.5 Å². The molecule has 0 saturated heterocycles. The zero-order chi connectivity index (χ0) is 15.9. The fourth-order valence-electron chi connectivity index (χ4n) is 3.04. The van der Waals surface area contributed by atoms with Gasteiger partial charge < -0.3 is 9.84 Å². The highest BCUT2D eigenvalue weighted by molar-refractivity contribution is 5.87. The van der Waals surface area contributed by atoms with E-state index in [1.807, 2.05) is 0 Å². The first kappa shape index (κ1) is 16.5. The van der Waals surface area contributed by atoms with Crippen molar-refractivity contribution in [2.75, 3.05) is 0 Å². The van der Waals surface area contributed by atoms with Gasteiger partial charge >= 0.3 is 11.9 Å². The summed E-state index contributed by atoms with van der Waals surface area (Å²) in [6.07, 6.45) is 7.80. The van der Waals surface area contributed by atoms with Gasteiger partial charge in [0.1, 0.15) is 5.75 Å². The first-order chi connectivity index (χ1) is 10.6. The second-order valence-corrected chi connectivity index (χ2v) is 6.11. The Hall–Kier alpha value is -1.84. The molecule has 1 aliphatic rings. The van der Waals surface area contributed by atoms with Crippen molar-refractivity contribution in [1.82, 2.24) is 0 Å². The number of esters is 1. The number of ether oxygens (including phenoxy) is 1. The first-order valence-corrected chi connectivity index (χ1v) is 8.15. The number of benzene rings is 1. The molecule has 0 aliphatic heterocycles. The number of unbranched alkanes of at least 4 members (excludes halogenated alkanes) is 1. The van der Waals surface area contributed by atoms with Gasteiger partial charge in [0.15, 0.2) is 0 Å². The van der Waals surface area contributed by atoms with Gasteiger partial charge in [0.25, 0.3) is 0 Å². The third kappa shape index (κ3) is 4.58. The molecular weight excluding hydrogens is 280 g/mol. The van der Waals surface area contributed by atoms with Crippen LogP contribution in [0, 0.1) is 11.8 Å². The van der Waals surface area contributed by atoms with Crippen LogP contribution in [0.1, 0.15) is 62.2 Å². The zero-order valence-electron chi connectivity index (χ0n) is 13.1. The van der Waals surface area contributed by atoms with Gasteiger partial charge in [0, 0.05) is 0 Å². The van der Waals surface area contributed by atoms with Crippen LogP contribution in [0.4, 0.5) is 0 Å². The fraction of sp³-hybridized carbons (Fsp3) is 0.556. The Balaban J connectivity index is 1.81. The molecule has 1 fully saturated rings. The van der Waals surface area contributed by atoms with Crippen LogP contribution in [-0.2, 0) is 4.79 Å². The van der Waals surface area contributed by atoms with E-state index < -0.39 is 5.97 Å². The molecule has 2 rings (SSSR count). The van der Waals surface area contributed by atoms with Crippen molar-refractivity contribution in [2.45, 2.75) is 51.9 Å². The van der Waals surface area contributed by atoms with Crippen molar-refractivity contribution in [3.05, 3.63) is 29.8 Å². The number of carboxylic acid groups (broad SMARTS) is 1. The van der Waals surface area contributed by atoms with Crippen LogP contribution >= 0.6 is 0 Å². The predicted molar refractivity (Wildman–Crippen MR) is 84.0 cm³/mol. The highest BCUT2D eigenvalue weighted by Gasteiger charge is 2.27. The lowest BCUT2D eigenvalue weighted by Gasteiger charge is -2.27. The minimum Gasteiger partial charge on any atom is -0.478 e. The van der Waals surface area contributed by atoms with Gasteiger partial charge in [-0.2, -0.15) is 0 Å². The van der Waals surface area contributed by atoms with E-state index in [-0.39, 0.29) is 17.5 Å².